The second-order valence-electron chi connectivity index (χ2n) is 5.05. The zero-order valence-corrected chi connectivity index (χ0v) is 12.9. The minimum atomic E-state index is -4.81. The molecular formula is C16H9F4N5O. The summed E-state index contributed by atoms with van der Waals surface area (Å²) in [4.78, 5) is 23.7. The Labute approximate surface area is 143 Å². The van der Waals surface area contributed by atoms with Crippen LogP contribution in [0.5, 0.6) is 0 Å². The standard InChI is InChI=1S/C16H9F4N5O/c1-2-3-23-14-13-10(17)6-9(16(18,19)20)7-11(13)25(15(26)24-14)12-8-21-4-5-22-12/h1,4-8H,3H2,(H,23,24,26). The van der Waals surface area contributed by atoms with Crippen molar-refractivity contribution in [3.05, 3.63) is 52.6 Å². The lowest BCUT2D eigenvalue weighted by Crippen LogP contribution is -2.25. The Kier molecular flexibility index (Phi) is 4.29. The normalized spacial score (nSPS) is 11.3. The van der Waals surface area contributed by atoms with Gasteiger partial charge in [-0.05, 0) is 12.1 Å². The van der Waals surface area contributed by atoms with Crippen LogP contribution in [0.25, 0.3) is 16.7 Å². The molecule has 0 aliphatic heterocycles. The number of nitrogens with one attached hydrogen (secondary N) is 1. The van der Waals surface area contributed by atoms with Crippen molar-refractivity contribution < 1.29 is 17.6 Å². The molecule has 3 rings (SSSR count). The lowest BCUT2D eigenvalue weighted by Gasteiger charge is -2.15. The van der Waals surface area contributed by atoms with Gasteiger partial charge in [0.05, 0.1) is 29.2 Å². The number of hydrogen-bond donors (Lipinski definition) is 1. The van der Waals surface area contributed by atoms with Gasteiger partial charge in [-0.1, -0.05) is 5.92 Å². The molecular weight excluding hydrogens is 354 g/mol. The Bertz CT molecular complexity index is 1070. The molecule has 0 bridgehead atoms. The average Bonchev–Trinajstić information content (AvgIpc) is 2.59. The Balaban J connectivity index is 2.44. The molecule has 0 saturated heterocycles. The van der Waals surface area contributed by atoms with Crippen molar-refractivity contribution in [1.82, 2.24) is 19.5 Å². The van der Waals surface area contributed by atoms with Gasteiger partial charge in [-0.15, -0.1) is 6.42 Å². The molecule has 132 valence electrons. The molecule has 26 heavy (non-hydrogen) atoms. The van der Waals surface area contributed by atoms with Crippen LogP contribution in [-0.4, -0.2) is 26.1 Å². The van der Waals surface area contributed by atoms with Crippen LogP contribution in [0.15, 0.2) is 35.5 Å². The zero-order valence-electron chi connectivity index (χ0n) is 12.9. The van der Waals surface area contributed by atoms with Gasteiger partial charge in [0.1, 0.15) is 11.6 Å². The van der Waals surface area contributed by atoms with Gasteiger partial charge in [-0.3, -0.25) is 4.98 Å². The summed E-state index contributed by atoms with van der Waals surface area (Å²) in [5, 5.41) is 2.22. The number of aromatic nitrogens is 4. The van der Waals surface area contributed by atoms with Gasteiger partial charge >= 0.3 is 11.9 Å². The van der Waals surface area contributed by atoms with E-state index in [1.165, 1.54) is 12.4 Å². The van der Waals surface area contributed by atoms with Crippen LogP contribution >= 0.6 is 0 Å². The first-order valence-electron chi connectivity index (χ1n) is 7.10. The van der Waals surface area contributed by atoms with Gasteiger partial charge in [0.15, 0.2) is 5.82 Å². The summed E-state index contributed by atoms with van der Waals surface area (Å²) in [6.07, 6.45) is 4.00. The van der Waals surface area contributed by atoms with Gasteiger partial charge in [-0.25, -0.2) is 18.7 Å². The van der Waals surface area contributed by atoms with E-state index in [2.05, 4.69) is 26.2 Å². The summed E-state index contributed by atoms with van der Waals surface area (Å²) in [5.41, 5.74) is -2.58. The van der Waals surface area contributed by atoms with Gasteiger partial charge in [0.25, 0.3) is 0 Å². The summed E-state index contributed by atoms with van der Waals surface area (Å²) >= 11 is 0. The molecule has 2 heterocycles. The van der Waals surface area contributed by atoms with Crippen molar-refractivity contribution in [3.63, 3.8) is 0 Å². The number of fused-ring (bicyclic) bond motifs is 1. The molecule has 0 atom stereocenters. The molecule has 0 saturated carbocycles. The number of hydrogen-bond acceptors (Lipinski definition) is 5. The predicted octanol–water partition coefficient (Wildman–Crippen LogP) is 2.38. The molecule has 10 heteroatoms. The summed E-state index contributed by atoms with van der Waals surface area (Å²) in [6, 6.07) is 0.980. The molecule has 1 aromatic carbocycles. The van der Waals surface area contributed by atoms with E-state index in [4.69, 9.17) is 6.42 Å². The summed E-state index contributed by atoms with van der Waals surface area (Å²) in [6.45, 7) is -0.100. The minimum absolute atomic E-state index is 0.0998. The Morgan fingerprint density at radius 1 is 1.27 bits per heavy atom. The topological polar surface area (TPSA) is 72.7 Å². The maximum Gasteiger partial charge on any atom is 0.416 e. The van der Waals surface area contributed by atoms with Crippen LogP contribution in [0.3, 0.4) is 0 Å². The molecule has 0 spiro atoms. The van der Waals surface area contributed by atoms with Crippen LogP contribution in [0.4, 0.5) is 23.4 Å². The third kappa shape index (κ3) is 3.06. The van der Waals surface area contributed by atoms with Crippen molar-refractivity contribution in [2.24, 2.45) is 0 Å². The molecule has 0 amide bonds. The van der Waals surface area contributed by atoms with E-state index >= 15 is 0 Å². The molecule has 2 aromatic heterocycles. The van der Waals surface area contributed by atoms with Crippen molar-refractivity contribution in [1.29, 1.82) is 0 Å². The highest BCUT2D eigenvalue weighted by molar-refractivity contribution is 5.91. The second-order valence-corrected chi connectivity index (χ2v) is 5.05. The summed E-state index contributed by atoms with van der Waals surface area (Å²) < 4.78 is 54.5. The first kappa shape index (κ1) is 17.3. The highest BCUT2D eigenvalue weighted by Gasteiger charge is 2.33. The third-order valence-corrected chi connectivity index (χ3v) is 3.41. The largest absolute Gasteiger partial charge is 0.416 e. The number of benzene rings is 1. The van der Waals surface area contributed by atoms with Crippen molar-refractivity contribution in [2.45, 2.75) is 6.18 Å². The minimum Gasteiger partial charge on any atom is -0.358 e. The second kappa shape index (κ2) is 6.44. The molecule has 6 nitrogen and oxygen atoms in total. The van der Waals surface area contributed by atoms with E-state index in [9.17, 15) is 22.4 Å². The van der Waals surface area contributed by atoms with Gasteiger partial charge < -0.3 is 5.32 Å². The van der Waals surface area contributed by atoms with Gasteiger partial charge in [0, 0.05) is 12.4 Å². The Hall–Kier alpha value is -3.48. The molecule has 0 unspecified atom stereocenters. The number of alkyl halides is 3. The quantitative estimate of drug-likeness (QED) is 0.571. The number of nitrogens with zero attached hydrogens (tertiary/aromatic N) is 4. The van der Waals surface area contributed by atoms with Crippen LogP contribution in [-0.2, 0) is 6.18 Å². The maximum atomic E-state index is 14.5. The SMILES string of the molecule is C#CCNc1nc(=O)n(-c2cnccn2)c2cc(C(F)(F)F)cc(F)c12. The number of terminal acetylenes is 1. The highest BCUT2D eigenvalue weighted by Crippen LogP contribution is 2.34. The molecule has 0 radical (unpaired) electrons. The smallest absolute Gasteiger partial charge is 0.358 e. The number of halogens is 4. The number of anilines is 1. The lowest BCUT2D eigenvalue weighted by atomic mass is 10.1. The Morgan fingerprint density at radius 2 is 2.04 bits per heavy atom. The van der Waals surface area contributed by atoms with Crippen molar-refractivity contribution in [3.8, 4) is 18.2 Å². The van der Waals surface area contributed by atoms with E-state index in [1.807, 2.05) is 0 Å². The first-order chi connectivity index (χ1) is 12.3. The lowest BCUT2D eigenvalue weighted by molar-refractivity contribution is -0.137. The maximum absolute atomic E-state index is 14.5. The van der Waals surface area contributed by atoms with Crippen LogP contribution in [0.2, 0.25) is 0 Å². The van der Waals surface area contributed by atoms with Gasteiger partial charge in [-0.2, -0.15) is 18.2 Å². The van der Waals surface area contributed by atoms with Crippen molar-refractivity contribution >= 4 is 16.7 Å². The summed E-state index contributed by atoms with van der Waals surface area (Å²) in [5.74, 6) is 0.653. The van der Waals surface area contributed by atoms with E-state index in [-0.39, 0.29) is 29.1 Å². The predicted molar refractivity (Wildman–Crippen MR) is 85.2 cm³/mol. The summed E-state index contributed by atoms with van der Waals surface area (Å²) in [7, 11) is 0. The van der Waals surface area contributed by atoms with Gasteiger partial charge in [0.2, 0.25) is 0 Å². The van der Waals surface area contributed by atoms with E-state index < -0.39 is 23.2 Å². The Morgan fingerprint density at radius 3 is 2.65 bits per heavy atom. The van der Waals surface area contributed by atoms with Crippen molar-refractivity contribution in [2.75, 3.05) is 11.9 Å². The van der Waals surface area contributed by atoms with Crippen LogP contribution < -0.4 is 11.0 Å². The molecule has 0 fully saturated rings. The monoisotopic (exact) mass is 363 g/mol. The molecule has 1 N–H and O–H groups in total. The molecule has 3 aromatic rings. The zero-order chi connectivity index (χ0) is 18.9. The van der Waals surface area contributed by atoms with Crippen LogP contribution in [0, 0.1) is 18.2 Å². The van der Waals surface area contributed by atoms with E-state index in [0.29, 0.717) is 12.1 Å². The molecule has 0 aliphatic carbocycles. The fourth-order valence-corrected chi connectivity index (χ4v) is 2.36. The van der Waals surface area contributed by atoms with E-state index in [1.54, 1.807) is 0 Å². The fraction of sp³-hybridized carbons (Fsp3) is 0.125. The third-order valence-electron chi connectivity index (χ3n) is 3.41. The highest BCUT2D eigenvalue weighted by atomic mass is 19.4. The van der Waals surface area contributed by atoms with E-state index in [0.717, 1.165) is 10.8 Å². The number of rotatable bonds is 3. The molecule has 0 aliphatic rings. The first-order valence-corrected chi connectivity index (χ1v) is 7.10. The fourth-order valence-electron chi connectivity index (χ4n) is 2.36. The van der Waals surface area contributed by atoms with Crippen LogP contribution in [0.1, 0.15) is 5.56 Å². The average molecular weight is 363 g/mol.